The molecule has 0 radical (unpaired) electrons. The first-order valence-electron chi connectivity index (χ1n) is 7.30. The summed E-state index contributed by atoms with van der Waals surface area (Å²) in [5.74, 6) is -0.0882. The number of carbonyl (C=O) groups is 1. The highest BCUT2D eigenvalue weighted by molar-refractivity contribution is 6.02. The lowest BCUT2D eigenvalue weighted by Gasteiger charge is -2.13. The zero-order chi connectivity index (χ0) is 17.6. The van der Waals surface area contributed by atoms with Gasteiger partial charge in [0.2, 0.25) is 5.95 Å². The van der Waals surface area contributed by atoms with E-state index in [4.69, 9.17) is 0 Å². The molecule has 0 bridgehead atoms. The molecule has 3 rings (SSSR count). The van der Waals surface area contributed by atoms with Crippen molar-refractivity contribution in [2.75, 3.05) is 19.0 Å². The standard InChI is InChI=1S/C16H17N5O3/c1-18(2)15-17-12-11(14(23)20(4)16(24)19(12)3)21(15)13(22)10-8-6-5-7-9-10/h5-9H,1-4H3. The van der Waals surface area contributed by atoms with Crippen molar-refractivity contribution in [2.24, 2.45) is 14.1 Å². The molecular weight excluding hydrogens is 310 g/mol. The second-order valence-electron chi connectivity index (χ2n) is 5.69. The third kappa shape index (κ3) is 2.15. The lowest BCUT2D eigenvalue weighted by atomic mass is 10.2. The molecule has 2 aromatic heterocycles. The van der Waals surface area contributed by atoms with E-state index in [-0.39, 0.29) is 23.0 Å². The van der Waals surface area contributed by atoms with Gasteiger partial charge in [0.15, 0.2) is 11.2 Å². The maximum Gasteiger partial charge on any atom is 0.332 e. The summed E-state index contributed by atoms with van der Waals surface area (Å²) in [4.78, 5) is 43.7. The van der Waals surface area contributed by atoms with Gasteiger partial charge in [0.05, 0.1) is 0 Å². The first-order chi connectivity index (χ1) is 11.3. The SMILES string of the molecule is CN(C)c1nc2c(c(=O)n(C)c(=O)n2C)n1C(=O)c1ccccc1. The maximum atomic E-state index is 13.0. The van der Waals surface area contributed by atoms with Crippen LogP contribution < -0.4 is 16.1 Å². The van der Waals surface area contributed by atoms with Gasteiger partial charge in [-0.05, 0) is 12.1 Å². The van der Waals surface area contributed by atoms with Gasteiger partial charge in [-0.25, -0.2) is 9.36 Å². The van der Waals surface area contributed by atoms with E-state index in [1.807, 2.05) is 0 Å². The Morgan fingerprint density at radius 1 is 1.04 bits per heavy atom. The monoisotopic (exact) mass is 327 g/mol. The Balaban J connectivity index is 2.46. The van der Waals surface area contributed by atoms with Crippen LogP contribution in [-0.4, -0.2) is 38.7 Å². The van der Waals surface area contributed by atoms with Crippen LogP contribution in [0.2, 0.25) is 0 Å². The first kappa shape index (κ1) is 15.7. The topological polar surface area (TPSA) is 82.1 Å². The number of rotatable bonds is 2. The minimum absolute atomic E-state index is 0.0807. The molecule has 0 N–H and O–H groups in total. The molecule has 0 fully saturated rings. The highest BCUT2D eigenvalue weighted by atomic mass is 16.2. The summed E-state index contributed by atoms with van der Waals surface area (Å²) in [5, 5.41) is 0. The molecule has 0 aliphatic rings. The quantitative estimate of drug-likeness (QED) is 0.671. The fourth-order valence-corrected chi connectivity index (χ4v) is 2.59. The van der Waals surface area contributed by atoms with E-state index >= 15 is 0 Å². The normalized spacial score (nSPS) is 11.0. The minimum Gasteiger partial charge on any atom is -0.348 e. The molecule has 0 unspecified atom stereocenters. The third-order valence-corrected chi connectivity index (χ3v) is 3.86. The fraction of sp³-hybridized carbons (Fsp3) is 0.250. The minimum atomic E-state index is -0.557. The Morgan fingerprint density at radius 3 is 2.25 bits per heavy atom. The van der Waals surface area contributed by atoms with Gasteiger partial charge < -0.3 is 4.90 Å². The molecule has 0 aliphatic carbocycles. The van der Waals surface area contributed by atoms with Crippen molar-refractivity contribution in [2.45, 2.75) is 0 Å². The largest absolute Gasteiger partial charge is 0.348 e. The number of imidazole rings is 1. The molecule has 0 spiro atoms. The van der Waals surface area contributed by atoms with Crippen LogP contribution in [0.5, 0.6) is 0 Å². The van der Waals surface area contributed by atoms with Crippen molar-refractivity contribution in [3.63, 3.8) is 0 Å². The molecule has 0 aliphatic heterocycles. The number of aromatic nitrogens is 4. The van der Waals surface area contributed by atoms with Crippen LogP contribution in [0.1, 0.15) is 10.4 Å². The van der Waals surface area contributed by atoms with Gasteiger partial charge in [-0.15, -0.1) is 0 Å². The van der Waals surface area contributed by atoms with E-state index in [1.165, 1.54) is 23.2 Å². The molecule has 3 aromatic rings. The summed E-state index contributed by atoms with van der Waals surface area (Å²) in [6.45, 7) is 0. The fourth-order valence-electron chi connectivity index (χ4n) is 2.59. The van der Waals surface area contributed by atoms with Crippen LogP contribution in [-0.2, 0) is 14.1 Å². The van der Waals surface area contributed by atoms with Crippen molar-refractivity contribution in [1.82, 2.24) is 18.7 Å². The predicted molar refractivity (Wildman–Crippen MR) is 90.7 cm³/mol. The summed E-state index contributed by atoms with van der Waals surface area (Å²) >= 11 is 0. The molecule has 8 heteroatoms. The molecule has 0 saturated carbocycles. The molecule has 2 heterocycles. The van der Waals surface area contributed by atoms with E-state index in [9.17, 15) is 14.4 Å². The van der Waals surface area contributed by atoms with Gasteiger partial charge in [-0.3, -0.25) is 18.7 Å². The second kappa shape index (κ2) is 5.48. The summed E-state index contributed by atoms with van der Waals surface area (Å²) in [6, 6.07) is 8.63. The molecule has 0 atom stereocenters. The van der Waals surface area contributed by atoms with Crippen LogP contribution in [0.4, 0.5) is 5.95 Å². The van der Waals surface area contributed by atoms with Gasteiger partial charge in [-0.2, -0.15) is 4.98 Å². The summed E-state index contributed by atoms with van der Waals surface area (Å²) in [6.07, 6.45) is 0. The van der Waals surface area contributed by atoms with Gasteiger partial charge in [-0.1, -0.05) is 18.2 Å². The van der Waals surface area contributed by atoms with Gasteiger partial charge in [0.25, 0.3) is 11.5 Å². The zero-order valence-corrected chi connectivity index (χ0v) is 13.8. The number of aryl methyl sites for hydroxylation is 1. The van der Waals surface area contributed by atoms with E-state index in [1.54, 1.807) is 49.3 Å². The summed E-state index contributed by atoms with van der Waals surface area (Å²) in [7, 11) is 6.34. The Labute approximate surface area is 137 Å². The molecule has 124 valence electrons. The smallest absolute Gasteiger partial charge is 0.332 e. The van der Waals surface area contributed by atoms with Crippen LogP contribution in [0.25, 0.3) is 11.2 Å². The van der Waals surface area contributed by atoms with Gasteiger partial charge in [0.1, 0.15) is 0 Å². The number of nitrogens with zero attached hydrogens (tertiary/aromatic N) is 5. The average Bonchev–Trinajstić information content (AvgIpc) is 2.99. The van der Waals surface area contributed by atoms with Crippen molar-refractivity contribution in [3.05, 3.63) is 56.7 Å². The number of hydrogen-bond acceptors (Lipinski definition) is 5. The van der Waals surface area contributed by atoms with Crippen molar-refractivity contribution in [1.29, 1.82) is 0 Å². The molecule has 0 amide bonds. The highest BCUT2D eigenvalue weighted by Crippen LogP contribution is 2.19. The summed E-state index contributed by atoms with van der Waals surface area (Å²) in [5.41, 5.74) is -0.364. The third-order valence-electron chi connectivity index (χ3n) is 3.86. The molecule has 8 nitrogen and oxygen atoms in total. The van der Waals surface area contributed by atoms with Crippen LogP contribution >= 0.6 is 0 Å². The Morgan fingerprint density at radius 2 is 1.67 bits per heavy atom. The number of anilines is 1. The van der Waals surface area contributed by atoms with E-state index in [2.05, 4.69) is 4.98 Å². The number of fused-ring (bicyclic) bond motifs is 1. The van der Waals surface area contributed by atoms with Crippen LogP contribution in [0, 0.1) is 0 Å². The maximum absolute atomic E-state index is 13.0. The zero-order valence-electron chi connectivity index (χ0n) is 13.8. The average molecular weight is 327 g/mol. The predicted octanol–water partition coefficient (Wildman–Crippen LogP) is 0.188. The lowest BCUT2D eigenvalue weighted by Crippen LogP contribution is -2.38. The molecular formula is C16H17N5O3. The Hall–Kier alpha value is -3.16. The van der Waals surface area contributed by atoms with Crippen LogP contribution in [0.3, 0.4) is 0 Å². The molecule has 0 saturated heterocycles. The van der Waals surface area contributed by atoms with Crippen molar-refractivity contribution in [3.8, 4) is 0 Å². The van der Waals surface area contributed by atoms with E-state index in [0.29, 0.717) is 5.56 Å². The molecule has 1 aromatic carbocycles. The molecule has 24 heavy (non-hydrogen) atoms. The van der Waals surface area contributed by atoms with E-state index < -0.39 is 11.2 Å². The van der Waals surface area contributed by atoms with Crippen molar-refractivity contribution < 1.29 is 4.79 Å². The van der Waals surface area contributed by atoms with Crippen molar-refractivity contribution >= 4 is 23.0 Å². The number of benzene rings is 1. The Bertz CT molecular complexity index is 1060. The number of hydrogen-bond donors (Lipinski definition) is 0. The lowest BCUT2D eigenvalue weighted by molar-refractivity contribution is 0.0965. The van der Waals surface area contributed by atoms with Gasteiger partial charge in [0, 0.05) is 33.8 Å². The van der Waals surface area contributed by atoms with Crippen LogP contribution in [0.15, 0.2) is 39.9 Å². The Kier molecular flexibility index (Phi) is 3.59. The first-order valence-corrected chi connectivity index (χ1v) is 7.30. The second-order valence-corrected chi connectivity index (χ2v) is 5.69. The summed E-state index contributed by atoms with van der Waals surface area (Å²) < 4.78 is 3.49. The number of carbonyl (C=O) groups excluding carboxylic acids is 1. The van der Waals surface area contributed by atoms with E-state index in [0.717, 1.165) is 4.57 Å². The highest BCUT2D eigenvalue weighted by Gasteiger charge is 2.24. The van der Waals surface area contributed by atoms with Gasteiger partial charge >= 0.3 is 5.69 Å².